The van der Waals surface area contributed by atoms with Crippen LogP contribution in [0.3, 0.4) is 0 Å². The summed E-state index contributed by atoms with van der Waals surface area (Å²) in [4.78, 5) is 19.2. The van der Waals surface area contributed by atoms with Crippen molar-refractivity contribution in [3.63, 3.8) is 0 Å². The number of carbonyl (C=O) groups is 1. The van der Waals surface area contributed by atoms with E-state index in [4.69, 9.17) is 11.6 Å². The maximum absolute atomic E-state index is 14.1. The van der Waals surface area contributed by atoms with Gasteiger partial charge in [0.05, 0.1) is 10.7 Å². The van der Waals surface area contributed by atoms with E-state index in [-0.39, 0.29) is 11.6 Å². The molecule has 0 aromatic heterocycles. The monoisotopic (exact) mass is 390 g/mol. The molecule has 28 heavy (non-hydrogen) atoms. The van der Waals surface area contributed by atoms with Crippen LogP contribution in [-0.2, 0) is 4.79 Å². The average molecular weight is 391 g/mol. The van der Waals surface area contributed by atoms with Gasteiger partial charge in [-0.15, -0.1) is 0 Å². The normalized spacial score (nSPS) is 15.2. The van der Waals surface area contributed by atoms with Gasteiger partial charge in [0.1, 0.15) is 17.3 Å². The molecule has 1 aliphatic rings. The second kappa shape index (κ2) is 7.41. The van der Waals surface area contributed by atoms with Gasteiger partial charge in [-0.25, -0.2) is 9.38 Å². The molecular formula is C23H16ClFN2O. The predicted molar refractivity (Wildman–Crippen MR) is 111 cm³/mol. The SMILES string of the molecule is Cc1cccc(N2C(=O)/C(=C\c3ccccc3F)N=C2c2ccccc2Cl)c1. The zero-order valence-corrected chi connectivity index (χ0v) is 15.8. The Morgan fingerprint density at radius 2 is 1.75 bits per heavy atom. The smallest absolute Gasteiger partial charge is 0.266 e. The Morgan fingerprint density at radius 1 is 1.00 bits per heavy atom. The van der Waals surface area contributed by atoms with E-state index in [0.717, 1.165) is 5.56 Å². The van der Waals surface area contributed by atoms with Crippen LogP contribution in [0.5, 0.6) is 0 Å². The summed E-state index contributed by atoms with van der Waals surface area (Å²) in [5, 5.41) is 0.485. The van der Waals surface area contributed by atoms with Gasteiger partial charge in [-0.2, -0.15) is 0 Å². The third-order valence-electron chi connectivity index (χ3n) is 4.43. The molecule has 3 nitrogen and oxygen atoms in total. The Morgan fingerprint density at radius 3 is 2.50 bits per heavy atom. The molecule has 3 aromatic rings. The van der Waals surface area contributed by atoms with E-state index in [9.17, 15) is 9.18 Å². The van der Waals surface area contributed by atoms with E-state index < -0.39 is 5.82 Å². The third-order valence-corrected chi connectivity index (χ3v) is 4.76. The molecule has 1 heterocycles. The molecule has 4 rings (SSSR count). The lowest BCUT2D eigenvalue weighted by molar-refractivity contribution is -0.113. The quantitative estimate of drug-likeness (QED) is 0.534. The summed E-state index contributed by atoms with van der Waals surface area (Å²) in [7, 11) is 0. The number of carbonyl (C=O) groups excluding carboxylic acids is 1. The molecule has 0 aliphatic carbocycles. The van der Waals surface area contributed by atoms with E-state index in [0.29, 0.717) is 27.7 Å². The number of halogens is 2. The Balaban J connectivity index is 1.88. The van der Waals surface area contributed by atoms with Gasteiger partial charge < -0.3 is 0 Å². The predicted octanol–water partition coefficient (Wildman–Crippen LogP) is 5.62. The van der Waals surface area contributed by atoms with Crippen molar-refractivity contribution in [3.8, 4) is 0 Å². The molecule has 0 fully saturated rings. The van der Waals surface area contributed by atoms with Crippen LogP contribution < -0.4 is 4.90 Å². The maximum atomic E-state index is 14.1. The molecule has 0 saturated heterocycles. The summed E-state index contributed by atoms with van der Waals surface area (Å²) in [6, 6.07) is 21.0. The number of hydrogen-bond acceptors (Lipinski definition) is 2. The molecule has 0 saturated carbocycles. The van der Waals surface area contributed by atoms with Crippen LogP contribution in [0.25, 0.3) is 6.08 Å². The number of aliphatic imine (C=N–C) groups is 1. The highest BCUT2D eigenvalue weighted by atomic mass is 35.5. The summed E-state index contributed by atoms with van der Waals surface area (Å²) in [6.45, 7) is 1.95. The molecule has 3 aromatic carbocycles. The number of amides is 1. The first-order chi connectivity index (χ1) is 13.5. The van der Waals surface area contributed by atoms with Gasteiger partial charge in [-0.05, 0) is 48.9 Å². The first kappa shape index (κ1) is 18.1. The van der Waals surface area contributed by atoms with Crippen LogP contribution in [0.2, 0.25) is 5.02 Å². The van der Waals surface area contributed by atoms with Crippen molar-refractivity contribution in [1.29, 1.82) is 0 Å². The van der Waals surface area contributed by atoms with Crippen molar-refractivity contribution in [2.24, 2.45) is 4.99 Å². The number of aryl methyl sites for hydroxylation is 1. The number of rotatable bonds is 3. The van der Waals surface area contributed by atoms with E-state index in [1.807, 2.05) is 49.4 Å². The number of hydrogen-bond donors (Lipinski definition) is 0. The van der Waals surface area contributed by atoms with E-state index in [1.165, 1.54) is 17.0 Å². The number of benzene rings is 3. The standard InChI is InChI=1S/C23H16ClFN2O/c1-15-7-6-9-17(13-15)27-22(18-10-3-4-11-19(18)24)26-21(23(27)28)14-16-8-2-5-12-20(16)25/h2-14H,1H3/b21-14+. The highest BCUT2D eigenvalue weighted by Crippen LogP contribution is 2.30. The van der Waals surface area contributed by atoms with Gasteiger partial charge in [0, 0.05) is 11.1 Å². The average Bonchev–Trinajstić information content (AvgIpc) is 3.00. The lowest BCUT2D eigenvalue weighted by Gasteiger charge is -2.19. The van der Waals surface area contributed by atoms with Crippen molar-refractivity contribution >= 4 is 35.1 Å². The summed E-state index contributed by atoms with van der Waals surface area (Å²) >= 11 is 6.37. The lowest BCUT2D eigenvalue weighted by atomic mass is 10.1. The second-order valence-electron chi connectivity index (χ2n) is 6.45. The Hall–Kier alpha value is -3.24. The second-order valence-corrected chi connectivity index (χ2v) is 6.85. The minimum Gasteiger partial charge on any atom is -0.266 e. The molecular weight excluding hydrogens is 375 g/mol. The molecule has 0 atom stereocenters. The molecule has 1 amide bonds. The first-order valence-corrected chi connectivity index (χ1v) is 9.13. The first-order valence-electron chi connectivity index (χ1n) is 8.75. The molecule has 0 unspecified atom stereocenters. The van der Waals surface area contributed by atoms with Crippen LogP contribution in [-0.4, -0.2) is 11.7 Å². The Labute approximate surface area is 167 Å². The van der Waals surface area contributed by atoms with Crippen molar-refractivity contribution in [1.82, 2.24) is 0 Å². The van der Waals surface area contributed by atoms with Gasteiger partial charge in [0.2, 0.25) is 0 Å². The van der Waals surface area contributed by atoms with Crippen molar-refractivity contribution in [3.05, 3.63) is 106 Å². The van der Waals surface area contributed by atoms with Crippen LogP contribution in [0.4, 0.5) is 10.1 Å². The molecule has 0 radical (unpaired) electrons. The summed E-state index contributed by atoms with van der Waals surface area (Å²) < 4.78 is 14.1. The highest BCUT2D eigenvalue weighted by molar-refractivity contribution is 6.39. The van der Waals surface area contributed by atoms with Crippen molar-refractivity contribution in [2.45, 2.75) is 6.92 Å². The van der Waals surface area contributed by atoms with Crippen LogP contribution in [0, 0.1) is 12.7 Å². The lowest BCUT2D eigenvalue weighted by Crippen LogP contribution is -2.32. The summed E-state index contributed by atoms with van der Waals surface area (Å²) in [5.74, 6) is -0.320. The molecule has 0 bridgehead atoms. The number of anilines is 1. The number of nitrogens with zero attached hydrogens (tertiary/aromatic N) is 2. The van der Waals surface area contributed by atoms with Gasteiger partial charge in [-0.1, -0.05) is 54.1 Å². The van der Waals surface area contributed by atoms with Crippen LogP contribution in [0.1, 0.15) is 16.7 Å². The highest BCUT2D eigenvalue weighted by Gasteiger charge is 2.33. The fraction of sp³-hybridized carbons (Fsp3) is 0.0435. The maximum Gasteiger partial charge on any atom is 0.282 e. The van der Waals surface area contributed by atoms with Gasteiger partial charge >= 0.3 is 0 Å². The summed E-state index contributed by atoms with van der Waals surface area (Å²) in [6.07, 6.45) is 1.46. The Kier molecular flexibility index (Phi) is 4.80. The largest absolute Gasteiger partial charge is 0.282 e. The van der Waals surface area contributed by atoms with Crippen molar-refractivity contribution < 1.29 is 9.18 Å². The van der Waals surface area contributed by atoms with Crippen molar-refractivity contribution in [2.75, 3.05) is 4.90 Å². The fourth-order valence-corrected chi connectivity index (χ4v) is 3.31. The molecule has 5 heteroatoms. The van der Waals surface area contributed by atoms with Gasteiger partial charge in [-0.3, -0.25) is 9.69 Å². The minimum absolute atomic E-state index is 0.154. The topological polar surface area (TPSA) is 32.7 Å². The third kappa shape index (κ3) is 3.35. The minimum atomic E-state index is -0.411. The summed E-state index contributed by atoms with van der Waals surface area (Å²) in [5.41, 5.74) is 2.78. The van der Waals surface area contributed by atoms with Gasteiger partial charge in [0.25, 0.3) is 5.91 Å². The molecule has 0 N–H and O–H groups in total. The fourth-order valence-electron chi connectivity index (χ4n) is 3.09. The Bertz CT molecular complexity index is 1140. The zero-order chi connectivity index (χ0) is 19.7. The number of amidine groups is 1. The molecule has 1 aliphatic heterocycles. The molecule has 0 spiro atoms. The van der Waals surface area contributed by atoms with E-state index >= 15 is 0 Å². The molecule has 138 valence electrons. The van der Waals surface area contributed by atoms with Gasteiger partial charge in [0.15, 0.2) is 0 Å². The van der Waals surface area contributed by atoms with Crippen LogP contribution >= 0.6 is 11.6 Å². The van der Waals surface area contributed by atoms with E-state index in [2.05, 4.69) is 4.99 Å². The van der Waals surface area contributed by atoms with E-state index in [1.54, 1.807) is 24.3 Å². The van der Waals surface area contributed by atoms with Crippen LogP contribution in [0.15, 0.2) is 83.5 Å². The zero-order valence-electron chi connectivity index (χ0n) is 15.1.